The van der Waals surface area contributed by atoms with Gasteiger partial charge in [0.15, 0.2) is 6.10 Å². The van der Waals surface area contributed by atoms with Gasteiger partial charge in [0.2, 0.25) is 17.6 Å². The lowest BCUT2D eigenvalue weighted by Crippen LogP contribution is -2.34. The van der Waals surface area contributed by atoms with Crippen LogP contribution in [0.1, 0.15) is 49.4 Å². The molecule has 1 N–H and O–H groups in total. The van der Waals surface area contributed by atoms with E-state index in [1.165, 1.54) is 11.8 Å². The fraction of sp³-hybridized carbons (Fsp3) is 0.455. The number of aromatic nitrogens is 1. The highest BCUT2D eigenvalue weighted by molar-refractivity contribution is 6.10. The van der Waals surface area contributed by atoms with Crippen molar-refractivity contribution in [2.75, 3.05) is 6.54 Å². The third kappa shape index (κ3) is 3.57. The number of para-hydroxylation sites is 1. The highest BCUT2D eigenvalue weighted by Gasteiger charge is 2.47. The van der Waals surface area contributed by atoms with E-state index < -0.39 is 12.1 Å². The molecule has 152 valence electrons. The van der Waals surface area contributed by atoms with Gasteiger partial charge in [-0.25, -0.2) is 0 Å². The molecule has 1 aromatic carbocycles. The molecule has 0 spiro atoms. The number of benzene rings is 1. The SMILES string of the molecule is CC(OC(=O)CCN1C(=O)C2CCCCC2C1=O)C(=O)c1c[nH]c2ccccc12. The average molecular weight is 396 g/mol. The molecule has 0 bridgehead atoms. The Kier molecular flexibility index (Phi) is 5.22. The number of carbonyl (C=O) groups excluding carboxylic acids is 4. The van der Waals surface area contributed by atoms with Crippen molar-refractivity contribution in [3.63, 3.8) is 0 Å². The number of esters is 1. The Balaban J connectivity index is 1.34. The Morgan fingerprint density at radius 2 is 1.79 bits per heavy atom. The Morgan fingerprint density at radius 3 is 2.48 bits per heavy atom. The molecule has 7 nitrogen and oxygen atoms in total. The van der Waals surface area contributed by atoms with Crippen molar-refractivity contribution in [2.45, 2.75) is 45.1 Å². The van der Waals surface area contributed by atoms with Crippen molar-refractivity contribution in [3.05, 3.63) is 36.0 Å². The van der Waals surface area contributed by atoms with Crippen LogP contribution in [0, 0.1) is 11.8 Å². The number of rotatable bonds is 6. The number of nitrogens with zero attached hydrogens (tertiary/aromatic N) is 1. The number of hydrogen-bond acceptors (Lipinski definition) is 5. The summed E-state index contributed by atoms with van der Waals surface area (Å²) in [6, 6.07) is 7.40. The van der Waals surface area contributed by atoms with Crippen molar-refractivity contribution in [3.8, 4) is 0 Å². The zero-order valence-corrected chi connectivity index (χ0v) is 16.3. The number of ether oxygens (including phenoxy) is 1. The minimum atomic E-state index is -0.950. The molecule has 0 radical (unpaired) electrons. The molecule has 1 aromatic heterocycles. The number of aromatic amines is 1. The monoisotopic (exact) mass is 396 g/mol. The molecule has 3 atom stereocenters. The lowest BCUT2D eigenvalue weighted by atomic mass is 9.81. The quantitative estimate of drug-likeness (QED) is 0.460. The number of imide groups is 1. The molecule has 2 aromatic rings. The smallest absolute Gasteiger partial charge is 0.308 e. The lowest BCUT2D eigenvalue weighted by molar-refractivity contribution is -0.147. The minimum absolute atomic E-state index is 0.0114. The van der Waals surface area contributed by atoms with Crippen molar-refractivity contribution in [1.29, 1.82) is 0 Å². The fourth-order valence-electron chi connectivity index (χ4n) is 4.46. The summed E-state index contributed by atoms with van der Waals surface area (Å²) in [5, 5.41) is 0.774. The first-order valence-electron chi connectivity index (χ1n) is 10.1. The zero-order valence-electron chi connectivity index (χ0n) is 16.3. The highest BCUT2D eigenvalue weighted by Crippen LogP contribution is 2.38. The number of amides is 2. The van der Waals surface area contributed by atoms with E-state index in [0.717, 1.165) is 36.6 Å². The Labute approximate surface area is 168 Å². The number of Topliss-reactive ketones (excluding diaryl/α,β-unsaturated/α-hetero) is 1. The molecule has 1 aliphatic carbocycles. The zero-order chi connectivity index (χ0) is 20.5. The minimum Gasteiger partial charge on any atom is -0.454 e. The molecule has 2 amide bonds. The third-order valence-electron chi connectivity index (χ3n) is 6.00. The Bertz CT molecular complexity index is 954. The predicted molar refractivity (Wildman–Crippen MR) is 105 cm³/mol. The second-order valence-corrected chi connectivity index (χ2v) is 7.82. The molecule has 3 unspecified atom stereocenters. The summed E-state index contributed by atoms with van der Waals surface area (Å²) in [5.41, 5.74) is 1.30. The van der Waals surface area contributed by atoms with E-state index in [2.05, 4.69) is 4.98 Å². The molecular formula is C22H24N2O5. The normalized spacial score (nSPS) is 22.6. The third-order valence-corrected chi connectivity index (χ3v) is 6.00. The molecule has 4 rings (SSSR count). The largest absolute Gasteiger partial charge is 0.454 e. The van der Waals surface area contributed by atoms with E-state index in [9.17, 15) is 19.2 Å². The van der Waals surface area contributed by atoms with Gasteiger partial charge in [-0.1, -0.05) is 31.0 Å². The van der Waals surface area contributed by atoms with Crippen molar-refractivity contribution in [1.82, 2.24) is 9.88 Å². The summed E-state index contributed by atoms with van der Waals surface area (Å²) in [5.74, 6) is -1.69. The van der Waals surface area contributed by atoms with E-state index in [0.29, 0.717) is 5.56 Å². The van der Waals surface area contributed by atoms with Crippen LogP contribution in [0.2, 0.25) is 0 Å². The predicted octanol–water partition coefficient (Wildman–Crippen LogP) is 2.85. The van der Waals surface area contributed by atoms with Gasteiger partial charge in [-0.3, -0.25) is 24.1 Å². The number of nitrogens with one attached hydrogen (secondary N) is 1. The molecule has 29 heavy (non-hydrogen) atoms. The van der Waals surface area contributed by atoms with Crippen molar-refractivity contribution in [2.24, 2.45) is 11.8 Å². The first-order chi connectivity index (χ1) is 14.0. The molecule has 2 aliphatic rings. The Morgan fingerprint density at radius 1 is 1.14 bits per heavy atom. The van der Waals surface area contributed by atoms with E-state index in [-0.39, 0.29) is 42.4 Å². The van der Waals surface area contributed by atoms with Gasteiger partial charge in [0, 0.05) is 29.2 Å². The first kappa shape index (κ1) is 19.4. The van der Waals surface area contributed by atoms with Crippen LogP contribution in [0.3, 0.4) is 0 Å². The van der Waals surface area contributed by atoms with Gasteiger partial charge >= 0.3 is 5.97 Å². The number of ketones is 1. The van der Waals surface area contributed by atoms with Gasteiger partial charge in [-0.2, -0.15) is 0 Å². The summed E-state index contributed by atoms with van der Waals surface area (Å²) in [6.07, 6.45) is 3.96. The van der Waals surface area contributed by atoms with Crippen LogP contribution >= 0.6 is 0 Å². The van der Waals surface area contributed by atoms with Crippen LogP contribution in [-0.2, 0) is 19.1 Å². The second kappa shape index (κ2) is 7.81. The summed E-state index contributed by atoms with van der Waals surface area (Å²) in [4.78, 5) is 54.1. The van der Waals surface area contributed by atoms with E-state index >= 15 is 0 Å². The molecule has 1 saturated heterocycles. The van der Waals surface area contributed by atoms with Crippen molar-refractivity contribution < 1.29 is 23.9 Å². The average Bonchev–Trinajstić information content (AvgIpc) is 3.26. The van der Waals surface area contributed by atoms with Gasteiger partial charge in [0.1, 0.15) is 0 Å². The summed E-state index contributed by atoms with van der Waals surface area (Å²) < 4.78 is 5.28. The maximum Gasteiger partial charge on any atom is 0.308 e. The van der Waals surface area contributed by atoms with Crippen molar-refractivity contribution >= 4 is 34.5 Å². The van der Waals surface area contributed by atoms with Crippen LogP contribution in [0.15, 0.2) is 30.5 Å². The maximum atomic E-state index is 12.7. The Hall–Kier alpha value is -2.96. The highest BCUT2D eigenvalue weighted by atomic mass is 16.5. The number of fused-ring (bicyclic) bond motifs is 2. The molecule has 7 heteroatoms. The second-order valence-electron chi connectivity index (χ2n) is 7.82. The van der Waals surface area contributed by atoms with Gasteiger partial charge < -0.3 is 9.72 Å². The van der Waals surface area contributed by atoms with Gasteiger partial charge in [0.05, 0.1) is 18.3 Å². The van der Waals surface area contributed by atoms with Crippen LogP contribution in [0.4, 0.5) is 0 Å². The van der Waals surface area contributed by atoms with Gasteiger partial charge in [-0.05, 0) is 25.8 Å². The van der Waals surface area contributed by atoms with Crippen LogP contribution in [0.25, 0.3) is 10.9 Å². The molecule has 2 fully saturated rings. The molecule has 2 heterocycles. The lowest BCUT2D eigenvalue weighted by Gasteiger charge is -2.19. The first-order valence-corrected chi connectivity index (χ1v) is 10.1. The maximum absolute atomic E-state index is 12.7. The summed E-state index contributed by atoms with van der Waals surface area (Å²) in [7, 11) is 0. The summed E-state index contributed by atoms with van der Waals surface area (Å²) >= 11 is 0. The topological polar surface area (TPSA) is 96.5 Å². The summed E-state index contributed by atoms with van der Waals surface area (Å²) in [6.45, 7) is 1.54. The van der Waals surface area contributed by atoms with Crippen LogP contribution in [-0.4, -0.2) is 46.1 Å². The fourth-order valence-corrected chi connectivity index (χ4v) is 4.46. The van der Waals surface area contributed by atoms with Gasteiger partial charge in [-0.15, -0.1) is 0 Å². The van der Waals surface area contributed by atoms with E-state index in [4.69, 9.17) is 4.74 Å². The van der Waals surface area contributed by atoms with E-state index in [1.54, 1.807) is 6.20 Å². The van der Waals surface area contributed by atoms with Crippen LogP contribution < -0.4 is 0 Å². The van der Waals surface area contributed by atoms with Gasteiger partial charge in [0.25, 0.3) is 0 Å². The molecule has 1 aliphatic heterocycles. The number of H-pyrrole nitrogens is 1. The molecular weight excluding hydrogens is 372 g/mol. The number of hydrogen-bond donors (Lipinski definition) is 1. The number of likely N-dealkylation sites (tertiary alicyclic amines) is 1. The number of carbonyl (C=O) groups is 4. The molecule has 1 saturated carbocycles. The van der Waals surface area contributed by atoms with E-state index in [1.807, 2.05) is 24.3 Å². The standard InChI is InChI=1S/C22H24N2O5/c1-13(20(26)17-12-23-18-9-5-4-6-14(17)18)29-19(25)10-11-24-21(27)15-7-2-3-8-16(15)22(24)28/h4-6,9,12-13,15-16,23H,2-3,7-8,10-11H2,1H3. The van der Waals surface area contributed by atoms with Crippen LogP contribution in [0.5, 0.6) is 0 Å².